The number of hydrogen-bond acceptors (Lipinski definition) is 4. The first-order valence-electron chi connectivity index (χ1n) is 6.67. The van der Waals surface area contributed by atoms with Crippen LogP contribution >= 0.6 is 0 Å². The summed E-state index contributed by atoms with van der Waals surface area (Å²) in [7, 11) is 0. The van der Waals surface area contributed by atoms with Crippen LogP contribution in [0.1, 0.15) is 32.2 Å². The van der Waals surface area contributed by atoms with Gasteiger partial charge in [-0.05, 0) is 25.8 Å². The van der Waals surface area contributed by atoms with Crippen molar-refractivity contribution in [3.63, 3.8) is 0 Å². The van der Waals surface area contributed by atoms with Crippen LogP contribution in [0.4, 0.5) is 5.69 Å². The average Bonchev–Trinajstić information content (AvgIpc) is 2.75. The van der Waals surface area contributed by atoms with Gasteiger partial charge in [-0.3, -0.25) is 0 Å². The van der Waals surface area contributed by atoms with Crippen molar-refractivity contribution in [3.8, 4) is 11.7 Å². The van der Waals surface area contributed by atoms with E-state index < -0.39 is 0 Å². The first-order valence-corrected chi connectivity index (χ1v) is 6.67. The van der Waals surface area contributed by atoms with Gasteiger partial charge < -0.3 is 10.5 Å². The zero-order valence-electron chi connectivity index (χ0n) is 11.7. The molecule has 102 valence electrons. The average molecular weight is 260 g/mol. The van der Waals surface area contributed by atoms with Crippen molar-refractivity contribution in [2.45, 2.75) is 33.6 Å². The molecule has 0 saturated heterocycles. The number of aromatic nitrogens is 3. The van der Waals surface area contributed by atoms with E-state index in [4.69, 9.17) is 10.5 Å². The van der Waals surface area contributed by atoms with E-state index in [1.54, 1.807) is 0 Å². The highest BCUT2D eigenvalue weighted by molar-refractivity contribution is 5.51. The maximum absolute atomic E-state index is 6.12. The summed E-state index contributed by atoms with van der Waals surface area (Å²) in [5.41, 5.74) is 8.80. The second-order valence-electron chi connectivity index (χ2n) is 4.19. The van der Waals surface area contributed by atoms with Crippen LogP contribution in [0, 0.1) is 0 Å². The Morgan fingerprint density at radius 2 is 2.00 bits per heavy atom. The van der Waals surface area contributed by atoms with Gasteiger partial charge in [-0.15, -0.1) is 0 Å². The summed E-state index contributed by atoms with van der Waals surface area (Å²) < 4.78 is 7.24. The van der Waals surface area contributed by atoms with E-state index in [1.165, 1.54) is 0 Å². The van der Waals surface area contributed by atoms with Crippen molar-refractivity contribution in [1.29, 1.82) is 0 Å². The number of hydrogen-bond donors (Lipinski definition) is 1. The molecule has 5 heteroatoms. The van der Waals surface area contributed by atoms with Crippen molar-refractivity contribution in [1.82, 2.24) is 14.8 Å². The SMILES string of the molecule is CCOc1cccc(-n2nc(CC)c(N)c2CC)n1. The Kier molecular flexibility index (Phi) is 4.04. The van der Waals surface area contributed by atoms with Gasteiger partial charge in [0.1, 0.15) is 0 Å². The molecular formula is C14H20N4O. The predicted molar refractivity (Wildman–Crippen MR) is 75.7 cm³/mol. The lowest BCUT2D eigenvalue weighted by atomic mass is 10.2. The Labute approximate surface area is 113 Å². The molecule has 0 aliphatic rings. The molecule has 2 aromatic heterocycles. The number of ether oxygens (including phenoxy) is 1. The molecule has 0 aliphatic heterocycles. The molecule has 2 rings (SSSR count). The van der Waals surface area contributed by atoms with Crippen LogP contribution in [-0.4, -0.2) is 21.4 Å². The van der Waals surface area contributed by atoms with Gasteiger partial charge >= 0.3 is 0 Å². The van der Waals surface area contributed by atoms with Gasteiger partial charge in [0.05, 0.1) is 23.7 Å². The third-order valence-corrected chi connectivity index (χ3v) is 2.99. The van der Waals surface area contributed by atoms with Gasteiger partial charge in [-0.2, -0.15) is 10.1 Å². The fraction of sp³-hybridized carbons (Fsp3) is 0.429. The van der Waals surface area contributed by atoms with E-state index in [9.17, 15) is 0 Å². The monoisotopic (exact) mass is 260 g/mol. The fourth-order valence-electron chi connectivity index (χ4n) is 2.06. The summed E-state index contributed by atoms with van der Waals surface area (Å²) >= 11 is 0. The molecule has 2 aromatic rings. The van der Waals surface area contributed by atoms with E-state index in [0.29, 0.717) is 12.5 Å². The van der Waals surface area contributed by atoms with Crippen LogP contribution in [0.15, 0.2) is 18.2 Å². The molecule has 5 nitrogen and oxygen atoms in total. The summed E-state index contributed by atoms with van der Waals surface area (Å²) in [6, 6.07) is 5.66. The summed E-state index contributed by atoms with van der Waals surface area (Å²) in [5, 5.41) is 4.54. The Bertz CT molecular complexity index is 563. The van der Waals surface area contributed by atoms with Crippen LogP contribution in [0.2, 0.25) is 0 Å². The number of rotatable bonds is 5. The van der Waals surface area contributed by atoms with Crippen molar-refractivity contribution >= 4 is 5.69 Å². The third-order valence-electron chi connectivity index (χ3n) is 2.99. The van der Waals surface area contributed by atoms with Gasteiger partial charge in [0, 0.05) is 6.07 Å². The molecule has 19 heavy (non-hydrogen) atoms. The van der Waals surface area contributed by atoms with Gasteiger partial charge in [0.2, 0.25) is 5.88 Å². The van der Waals surface area contributed by atoms with Crippen molar-refractivity contribution in [3.05, 3.63) is 29.6 Å². The molecule has 0 spiro atoms. The molecule has 0 saturated carbocycles. The van der Waals surface area contributed by atoms with Gasteiger partial charge in [-0.25, -0.2) is 4.68 Å². The van der Waals surface area contributed by atoms with Crippen LogP contribution in [0.25, 0.3) is 5.82 Å². The maximum atomic E-state index is 6.12. The minimum atomic E-state index is 0.596. The first kappa shape index (κ1) is 13.4. The summed E-state index contributed by atoms with van der Waals surface area (Å²) in [6.45, 7) is 6.65. The van der Waals surface area contributed by atoms with Crippen molar-refractivity contribution < 1.29 is 4.74 Å². The lowest BCUT2D eigenvalue weighted by molar-refractivity contribution is 0.326. The summed E-state index contributed by atoms with van der Waals surface area (Å²) in [4.78, 5) is 4.45. The number of anilines is 1. The van der Waals surface area contributed by atoms with E-state index in [-0.39, 0.29) is 0 Å². The molecule has 0 bridgehead atoms. The second kappa shape index (κ2) is 5.73. The fourth-order valence-corrected chi connectivity index (χ4v) is 2.06. The maximum Gasteiger partial charge on any atom is 0.215 e. The topological polar surface area (TPSA) is 66.0 Å². The molecule has 0 aromatic carbocycles. The minimum Gasteiger partial charge on any atom is -0.478 e. The number of pyridine rings is 1. The standard InChI is InChI=1S/C14H20N4O/c1-4-10-14(15)11(5-2)18(17-10)12-8-7-9-13(16-12)19-6-3/h7-9H,4-6,15H2,1-3H3. The van der Waals surface area contributed by atoms with Gasteiger partial charge in [0.25, 0.3) is 0 Å². The Morgan fingerprint density at radius 3 is 2.63 bits per heavy atom. The first-order chi connectivity index (χ1) is 9.21. The normalized spacial score (nSPS) is 10.7. The second-order valence-corrected chi connectivity index (χ2v) is 4.19. The predicted octanol–water partition coefficient (Wildman–Crippen LogP) is 2.37. The van der Waals surface area contributed by atoms with E-state index in [0.717, 1.165) is 35.7 Å². The Balaban J connectivity index is 2.48. The Hall–Kier alpha value is -2.04. The van der Waals surface area contributed by atoms with Crippen LogP contribution in [0.3, 0.4) is 0 Å². The highest BCUT2D eigenvalue weighted by Gasteiger charge is 2.14. The molecule has 0 unspecified atom stereocenters. The molecule has 0 aliphatic carbocycles. The zero-order chi connectivity index (χ0) is 13.8. The molecule has 0 radical (unpaired) electrons. The highest BCUT2D eigenvalue weighted by atomic mass is 16.5. The van der Waals surface area contributed by atoms with Crippen molar-refractivity contribution in [2.75, 3.05) is 12.3 Å². The van der Waals surface area contributed by atoms with E-state index >= 15 is 0 Å². The van der Waals surface area contributed by atoms with Crippen LogP contribution in [-0.2, 0) is 12.8 Å². The van der Waals surface area contributed by atoms with Crippen LogP contribution < -0.4 is 10.5 Å². The zero-order valence-corrected chi connectivity index (χ0v) is 11.7. The Morgan fingerprint density at radius 1 is 1.21 bits per heavy atom. The van der Waals surface area contributed by atoms with E-state index in [1.807, 2.05) is 36.7 Å². The third kappa shape index (κ3) is 2.54. The molecule has 2 heterocycles. The van der Waals surface area contributed by atoms with Crippen molar-refractivity contribution in [2.24, 2.45) is 0 Å². The molecular weight excluding hydrogens is 240 g/mol. The lowest BCUT2D eigenvalue weighted by Crippen LogP contribution is -2.06. The molecule has 0 amide bonds. The number of aryl methyl sites for hydroxylation is 1. The summed E-state index contributed by atoms with van der Waals surface area (Å²) in [6.07, 6.45) is 1.64. The molecule has 0 atom stereocenters. The number of nitrogen functional groups attached to an aromatic ring is 1. The van der Waals surface area contributed by atoms with E-state index in [2.05, 4.69) is 17.0 Å². The highest BCUT2D eigenvalue weighted by Crippen LogP contribution is 2.22. The molecule has 0 fully saturated rings. The quantitative estimate of drug-likeness (QED) is 0.896. The number of nitrogens with zero attached hydrogens (tertiary/aromatic N) is 3. The largest absolute Gasteiger partial charge is 0.478 e. The minimum absolute atomic E-state index is 0.596. The van der Waals surface area contributed by atoms with Crippen LogP contribution in [0.5, 0.6) is 5.88 Å². The smallest absolute Gasteiger partial charge is 0.215 e. The molecule has 2 N–H and O–H groups in total. The van der Waals surface area contributed by atoms with Gasteiger partial charge in [0.15, 0.2) is 5.82 Å². The number of nitrogens with two attached hydrogens (primary N) is 1. The van der Waals surface area contributed by atoms with Gasteiger partial charge in [-0.1, -0.05) is 19.9 Å². The lowest BCUT2D eigenvalue weighted by Gasteiger charge is -2.07. The summed E-state index contributed by atoms with van der Waals surface area (Å²) in [5.74, 6) is 1.35.